The molecule has 3 aliphatic rings. The topological polar surface area (TPSA) is 121 Å². The summed E-state index contributed by atoms with van der Waals surface area (Å²) in [6.45, 7) is 9.11. The van der Waals surface area contributed by atoms with E-state index < -0.39 is 0 Å². The van der Waals surface area contributed by atoms with Gasteiger partial charge in [0.25, 0.3) is 5.91 Å². The number of amides is 1. The molecule has 1 aliphatic heterocycles. The number of aryl methyl sites for hydroxylation is 1. The molecule has 2 saturated carbocycles. The van der Waals surface area contributed by atoms with E-state index >= 15 is 0 Å². The highest BCUT2D eigenvalue weighted by atomic mass is 16.1. The molecule has 0 unspecified atom stereocenters. The van der Waals surface area contributed by atoms with Crippen LogP contribution in [0.2, 0.25) is 0 Å². The SMILES string of the molecule is Cn1cnnc1[C@]1(c2cccc(NC(=O)c3cc(CNCC4(C)CC4)c4c(n3)C(C)(C)CN4)c2)C[C@H](CC#N)C1. The largest absolute Gasteiger partial charge is 0.382 e. The van der Waals surface area contributed by atoms with Crippen LogP contribution in [0.5, 0.6) is 0 Å². The third kappa shape index (κ3) is 4.75. The minimum atomic E-state index is -0.327. The summed E-state index contributed by atoms with van der Waals surface area (Å²) in [5.41, 5.74) is 5.22. The Balaban J connectivity index is 1.26. The van der Waals surface area contributed by atoms with Gasteiger partial charge in [-0.1, -0.05) is 32.9 Å². The molecule has 1 amide bonds. The van der Waals surface area contributed by atoms with E-state index in [2.05, 4.69) is 59.1 Å². The van der Waals surface area contributed by atoms with Gasteiger partial charge in [0.1, 0.15) is 17.8 Å². The third-order valence-electron chi connectivity index (χ3n) is 9.12. The van der Waals surface area contributed by atoms with Crippen LogP contribution in [0.3, 0.4) is 0 Å². The summed E-state index contributed by atoms with van der Waals surface area (Å²) in [5.74, 6) is 0.987. The fourth-order valence-corrected chi connectivity index (χ4v) is 6.38. The molecule has 2 aliphatic carbocycles. The second-order valence-corrected chi connectivity index (χ2v) is 13.1. The molecule has 9 nitrogen and oxygen atoms in total. The standard InChI is InChI=1S/C31H38N8O/c1-29(2)17-34-25-21(16-33-18-30(3)9-10-30)12-24(37-26(25)29)27(40)36-23-7-5-6-22(13-23)31(14-20(15-31)8-11-32)28-38-35-19-39(28)4/h5-7,12-13,19-20,33-34H,8-10,14-18H2,1-4H3,(H,36,40)/t20-,31+. The quantitative estimate of drug-likeness (QED) is 0.362. The normalized spacial score (nSPS) is 23.4. The van der Waals surface area contributed by atoms with Gasteiger partial charge in [-0.15, -0.1) is 10.2 Å². The van der Waals surface area contributed by atoms with E-state index in [1.165, 1.54) is 12.8 Å². The molecular formula is C31H38N8O. The Morgan fingerprint density at radius 3 is 2.73 bits per heavy atom. The number of hydrogen-bond donors (Lipinski definition) is 3. The average Bonchev–Trinajstić information content (AvgIpc) is 3.34. The van der Waals surface area contributed by atoms with E-state index in [9.17, 15) is 10.1 Å². The number of rotatable bonds is 9. The van der Waals surface area contributed by atoms with Crippen LogP contribution in [0.15, 0.2) is 36.7 Å². The maximum Gasteiger partial charge on any atom is 0.274 e. The first-order valence-corrected chi connectivity index (χ1v) is 14.2. The van der Waals surface area contributed by atoms with Gasteiger partial charge in [0.15, 0.2) is 0 Å². The molecule has 0 spiro atoms. The molecular weight excluding hydrogens is 500 g/mol. The fourth-order valence-electron chi connectivity index (χ4n) is 6.38. The summed E-state index contributed by atoms with van der Waals surface area (Å²) < 4.78 is 1.96. The summed E-state index contributed by atoms with van der Waals surface area (Å²) in [5, 5.41) is 28.1. The van der Waals surface area contributed by atoms with E-state index in [-0.39, 0.29) is 16.7 Å². The van der Waals surface area contributed by atoms with Gasteiger partial charge in [0.05, 0.1) is 22.9 Å². The first kappa shape index (κ1) is 26.5. The van der Waals surface area contributed by atoms with Gasteiger partial charge < -0.3 is 20.5 Å². The lowest BCUT2D eigenvalue weighted by molar-refractivity contribution is 0.102. The Morgan fingerprint density at radius 1 is 1.23 bits per heavy atom. The lowest BCUT2D eigenvalue weighted by Gasteiger charge is -2.46. The van der Waals surface area contributed by atoms with Crippen molar-refractivity contribution in [3.63, 3.8) is 0 Å². The highest BCUT2D eigenvalue weighted by Crippen LogP contribution is 2.53. The number of fused-ring (bicyclic) bond motifs is 1. The van der Waals surface area contributed by atoms with E-state index in [0.717, 1.165) is 54.3 Å². The Kier molecular flexibility index (Phi) is 6.42. The van der Waals surface area contributed by atoms with E-state index in [0.29, 0.717) is 35.7 Å². The van der Waals surface area contributed by atoms with Crippen molar-refractivity contribution in [2.75, 3.05) is 23.7 Å². The zero-order valence-corrected chi connectivity index (χ0v) is 23.8. The van der Waals surface area contributed by atoms with Crippen LogP contribution in [0.4, 0.5) is 11.4 Å². The Hall–Kier alpha value is -3.77. The summed E-state index contributed by atoms with van der Waals surface area (Å²) in [4.78, 5) is 18.5. The van der Waals surface area contributed by atoms with Gasteiger partial charge in [-0.3, -0.25) is 4.79 Å². The average molecular weight is 539 g/mol. The van der Waals surface area contributed by atoms with Crippen LogP contribution in [0, 0.1) is 22.7 Å². The number of nitrogens with one attached hydrogen (secondary N) is 3. The Morgan fingerprint density at radius 2 is 2.02 bits per heavy atom. The minimum Gasteiger partial charge on any atom is -0.382 e. The molecule has 1 aromatic carbocycles. The molecule has 0 bridgehead atoms. The van der Waals surface area contributed by atoms with Crippen molar-refractivity contribution in [2.24, 2.45) is 18.4 Å². The van der Waals surface area contributed by atoms with Gasteiger partial charge in [0.2, 0.25) is 0 Å². The minimum absolute atomic E-state index is 0.157. The summed E-state index contributed by atoms with van der Waals surface area (Å²) in [6, 6.07) is 12.2. The number of carbonyl (C=O) groups excluding carboxylic acids is 1. The number of pyridine rings is 1. The van der Waals surface area contributed by atoms with Gasteiger partial charge in [-0.2, -0.15) is 5.26 Å². The number of nitriles is 1. The Bertz CT molecular complexity index is 1490. The second kappa shape index (κ2) is 9.70. The number of carbonyl (C=O) groups is 1. The molecule has 0 radical (unpaired) electrons. The maximum atomic E-state index is 13.6. The van der Waals surface area contributed by atoms with Crippen molar-refractivity contribution in [2.45, 2.75) is 70.3 Å². The van der Waals surface area contributed by atoms with E-state index in [1.807, 2.05) is 35.9 Å². The van der Waals surface area contributed by atoms with Crippen LogP contribution < -0.4 is 16.0 Å². The lowest BCUT2D eigenvalue weighted by atomic mass is 9.57. The van der Waals surface area contributed by atoms with E-state index in [1.54, 1.807) is 6.33 Å². The molecule has 2 aromatic heterocycles. The number of benzene rings is 1. The molecule has 3 heterocycles. The lowest BCUT2D eigenvalue weighted by Crippen LogP contribution is -2.44. The number of nitrogens with zero attached hydrogens (tertiary/aromatic N) is 5. The van der Waals surface area contributed by atoms with E-state index in [4.69, 9.17) is 4.98 Å². The van der Waals surface area contributed by atoms with Crippen LogP contribution >= 0.6 is 0 Å². The van der Waals surface area contributed by atoms with Gasteiger partial charge in [0, 0.05) is 44.2 Å². The molecule has 3 aromatic rings. The predicted molar refractivity (Wildman–Crippen MR) is 154 cm³/mol. The van der Waals surface area contributed by atoms with Crippen molar-refractivity contribution >= 4 is 17.3 Å². The fraction of sp³-hybridized carbons (Fsp3) is 0.516. The smallest absolute Gasteiger partial charge is 0.274 e. The van der Waals surface area contributed by atoms with Crippen LogP contribution in [0.25, 0.3) is 0 Å². The highest BCUT2D eigenvalue weighted by Gasteiger charge is 2.49. The van der Waals surface area contributed by atoms with Crippen molar-refractivity contribution < 1.29 is 4.79 Å². The van der Waals surface area contributed by atoms with Gasteiger partial charge in [-0.05, 0) is 66.3 Å². The van der Waals surface area contributed by atoms with Crippen LogP contribution in [0.1, 0.15) is 86.0 Å². The first-order valence-electron chi connectivity index (χ1n) is 14.2. The molecule has 40 heavy (non-hydrogen) atoms. The molecule has 3 N–H and O–H groups in total. The van der Waals surface area contributed by atoms with Crippen molar-refractivity contribution in [1.82, 2.24) is 25.1 Å². The Labute approximate surface area is 235 Å². The molecule has 6 rings (SSSR count). The monoisotopic (exact) mass is 538 g/mol. The highest BCUT2D eigenvalue weighted by molar-refractivity contribution is 6.03. The van der Waals surface area contributed by atoms with Crippen LogP contribution in [-0.2, 0) is 24.4 Å². The van der Waals surface area contributed by atoms with Crippen molar-refractivity contribution in [3.8, 4) is 6.07 Å². The number of hydrogen-bond acceptors (Lipinski definition) is 7. The molecule has 2 fully saturated rings. The molecule has 208 valence electrons. The molecule has 0 saturated heterocycles. The number of anilines is 2. The molecule has 9 heteroatoms. The zero-order chi connectivity index (χ0) is 28.1. The maximum absolute atomic E-state index is 13.6. The number of aromatic nitrogens is 4. The van der Waals surface area contributed by atoms with Gasteiger partial charge in [-0.25, -0.2) is 4.98 Å². The van der Waals surface area contributed by atoms with Crippen molar-refractivity contribution in [3.05, 3.63) is 65.0 Å². The summed E-state index contributed by atoms with van der Waals surface area (Å²) in [7, 11) is 1.95. The van der Waals surface area contributed by atoms with Gasteiger partial charge >= 0.3 is 0 Å². The summed E-state index contributed by atoms with van der Waals surface area (Å²) >= 11 is 0. The summed E-state index contributed by atoms with van der Waals surface area (Å²) in [6.07, 6.45) is 6.44. The van der Waals surface area contributed by atoms with Crippen molar-refractivity contribution in [1.29, 1.82) is 5.26 Å². The third-order valence-corrected chi connectivity index (χ3v) is 9.12. The zero-order valence-electron chi connectivity index (χ0n) is 23.8. The van der Waals surface area contributed by atoms with Crippen LogP contribution in [-0.4, -0.2) is 38.7 Å². The predicted octanol–water partition coefficient (Wildman–Crippen LogP) is 4.66. The molecule has 0 atom stereocenters. The first-order chi connectivity index (χ1) is 19.1. The second-order valence-electron chi connectivity index (χ2n) is 13.1.